The molecule has 0 fully saturated rings. The lowest BCUT2D eigenvalue weighted by Gasteiger charge is -2.01. The molecule has 0 saturated heterocycles. The number of hydrogen-bond acceptors (Lipinski definition) is 4. The van der Waals surface area contributed by atoms with Gasteiger partial charge in [0.25, 0.3) is 0 Å². The van der Waals surface area contributed by atoms with Gasteiger partial charge in [-0.2, -0.15) is 0 Å². The average molecular weight is 303 g/mol. The third-order valence-electron chi connectivity index (χ3n) is 2.70. The molecule has 0 radical (unpaired) electrons. The van der Waals surface area contributed by atoms with E-state index in [9.17, 15) is 13.6 Å². The van der Waals surface area contributed by atoms with Crippen LogP contribution >= 0.6 is 0 Å². The Balaban J connectivity index is 2.33. The molecule has 0 atom stereocenters. The van der Waals surface area contributed by atoms with E-state index in [-0.39, 0.29) is 10.8 Å². The summed E-state index contributed by atoms with van der Waals surface area (Å²) in [6, 6.07) is 9.51. The molecule has 0 bridgehead atoms. The van der Waals surface area contributed by atoms with E-state index in [1.807, 2.05) is 0 Å². The number of sulfone groups is 1. The highest BCUT2D eigenvalue weighted by molar-refractivity contribution is 7.90. The summed E-state index contributed by atoms with van der Waals surface area (Å²) in [5.41, 5.74) is 1.07. The SMILES string of the molecule is COc1ccc(C#Cc2cccc(S(C)(=O)=O)c2)c[n+]1[O-]. The van der Waals surface area contributed by atoms with Crippen LogP contribution < -0.4 is 9.47 Å². The van der Waals surface area contributed by atoms with Crippen molar-refractivity contribution >= 4 is 9.84 Å². The quantitative estimate of drug-likeness (QED) is 0.474. The van der Waals surface area contributed by atoms with Crippen LogP contribution in [0.1, 0.15) is 11.1 Å². The fourth-order valence-corrected chi connectivity index (χ4v) is 2.32. The van der Waals surface area contributed by atoms with Gasteiger partial charge in [0.15, 0.2) is 16.0 Å². The summed E-state index contributed by atoms with van der Waals surface area (Å²) >= 11 is 0. The van der Waals surface area contributed by atoms with Gasteiger partial charge in [-0.05, 0) is 24.3 Å². The highest BCUT2D eigenvalue weighted by Gasteiger charge is 2.06. The van der Waals surface area contributed by atoms with Gasteiger partial charge in [-0.3, -0.25) is 0 Å². The van der Waals surface area contributed by atoms with Crippen LogP contribution in [-0.2, 0) is 9.84 Å². The lowest BCUT2D eigenvalue weighted by molar-refractivity contribution is -0.612. The van der Waals surface area contributed by atoms with Gasteiger partial charge in [0, 0.05) is 11.8 Å². The third kappa shape index (κ3) is 3.74. The zero-order chi connectivity index (χ0) is 15.5. The van der Waals surface area contributed by atoms with E-state index in [1.54, 1.807) is 18.2 Å². The maximum absolute atomic E-state index is 11.5. The summed E-state index contributed by atoms with van der Waals surface area (Å²) in [7, 11) is -1.85. The summed E-state index contributed by atoms with van der Waals surface area (Å²) in [5.74, 6) is 5.82. The second-order valence-electron chi connectivity index (χ2n) is 4.34. The van der Waals surface area contributed by atoms with E-state index in [0.29, 0.717) is 15.9 Å². The first-order valence-electron chi connectivity index (χ1n) is 5.99. The molecule has 2 rings (SSSR count). The number of rotatable bonds is 2. The fourth-order valence-electron chi connectivity index (χ4n) is 1.65. The van der Waals surface area contributed by atoms with Gasteiger partial charge in [-0.25, -0.2) is 8.42 Å². The molecule has 5 nitrogen and oxygen atoms in total. The minimum atomic E-state index is -3.26. The Labute approximate surface area is 123 Å². The molecular weight excluding hydrogens is 290 g/mol. The summed E-state index contributed by atoms with van der Waals surface area (Å²) in [6.07, 6.45) is 2.44. The number of benzene rings is 1. The molecule has 6 heteroatoms. The van der Waals surface area contributed by atoms with Crippen molar-refractivity contribution in [3.05, 3.63) is 58.9 Å². The molecule has 0 saturated carbocycles. The van der Waals surface area contributed by atoms with Crippen LogP contribution in [0.3, 0.4) is 0 Å². The van der Waals surface area contributed by atoms with Crippen LogP contribution in [0.15, 0.2) is 47.5 Å². The van der Waals surface area contributed by atoms with E-state index in [0.717, 1.165) is 6.26 Å². The number of hydrogen-bond donors (Lipinski definition) is 0. The largest absolute Gasteiger partial charge is 0.616 e. The predicted molar refractivity (Wildman–Crippen MR) is 77.5 cm³/mol. The van der Waals surface area contributed by atoms with Gasteiger partial charge in [0.2, 0.25) is 0 Å². The van der Waals surface area contributed by atoms with Crippen LogP contribution in [-0.4, -0.2) is 21.8 Å². The number of methoxy groups -OCH3 is 1. The van der Waals surface area contributed by atoms with Crippen molar-refractivity contribution < 1.29 is 17.9 Å². The Bertz CT molecular complexity index is 832. The van der Waals surface area contributed by atoms with Gasteiger partial charge < -0.3 is 9.94 Å². The Kier molecular flexibility index (Phi) is 4.15. The minimum absolute atomic E-state index is 0.180. The van der Waals surface area contributed by atoms with Crippen LogP contribution in [0.25, 0.3) is 0 Å². The van der Waals surface area contributed by atoms with E-state index in [2.05, 4.69) is 11.8 Å². The average Bonchev–Trinajstić information content (AvgIpc) is 2.45. The van der Waals surface area contributed by atoms with E-state index < -0.39 is 9.84 Å². The van der Waals surface area contributed by atoms with Crippen molar-refractivity contribution in [1.82, 2.24) is 0 Å². The first kappa shape index (κ1) is 14.9. The first-order valence-corrected chi connectivity index (χ1v) is 7.88. The molecule has 0 aliphatic rings. The molecule has 0 aliphatic carbocycles. The van der Waals surface area contributed by atoms with Crippen molar-refractivity contribution in [3.8, 4) is 17.7 Å². The van der Waals surface area contributed by atoms with Crippen molar-refractivity contribution in [2.24, 2.45) is 0 Å². The Hall–Kier alpha value is -2.52. The Morgan fingerprint density at radius 2 is 1.86 bits per heavy atom. The molecule has 0 aliphatic heterocycles. The second kappa shape index (κ2) is 5.85. The van der Waals surface area contributed by atoms with E-state index in [1.165, 1.54) is 31.5 Å². The standard InChI is InChI=1S/C15H13NO4S/c1-20-15-9-8-13(11-16(15)17)7-6-12-4-3-5-14(10-12)21(2,18)19/h3-5,8-11H,1-2H3. The zero-order valence-corrected chi connectivity index (χ0v) is 12.3. The molecule has 0 N–H and O–H groups in total. The number of pyridine rings is 1. The maximum atomic E-state index is 11.5. The highest BCUT2D eigenvalue weighted by Crippen LogP contribution is 2.10. The third-order valence-corrected chi connectivity index (χ3v) is 3.81. The molecule has 21 heavy (non-hydrogen) atoms. The lowest BCUT2D eigenvalue weighted by Crippen LogP contribution is -2.28. The number of aromatic nitrogens is 1. The van der Waals surface area contributed by atoms with E-state index >= 15 is 0 Å². The molecular formula is C15H13NO4S. The number of nitrogens with zero attached hydrogens (tertiary/aromatic N) is 1. The van der Waals surface area contributed by atoms with Gasteiger partial charge in [0.1, 0.15) is 0 Å². The van der Waals surface area contributed by atoms with Crippen LogP contribution in [0.5, 0.6) is 5.88 Å². The Morgan fingerprint density at radius 1 is 1.14 bits per heavy atom. The van der Waals surface area contributed by atoms with Crippen molar-refractivity contribution in [1.29, 1.82) is 0 Å². The van der Waals surface area contributed by atoms with Gasteiger partial charge in [-0.1, -0.05) is 17.9 Å². The van der Waals surface area contributed by atoms with Gasteiger partial charge in [-0.15, -0.1) is 4.73 Å². The smallest absolute Gasteiger partial charge is 0.379 e. The molecule has 1 heterocycles. The molecule has 1 aromatic carbocycles. The predicted octanol–water partition coefficient (Wildman–Crippen LogP) is 1.13. The van der Waals surface area contributed by atoms with Crippen molar-refractivity contribution in [3.63, 3.8) is 0 Å². The van der Waals surface area contributed by atoms with Crippen molar-refractivity contribution in [2.75, 3.05) is 13.4 Å². The van der Waals surface area contributed by atoms with Gasteiger partial charge >= 0.3 is 5.88 Å². The summed E-state index contributed by atoms with van der Waals surface area (Å²) in [4.78, 5) is 0.211. The van der Waals surface area contributed by atoms with Crippen LogP contribution in [0.2, 0.25) is 0 Å². The first-order chi connectivity index (χ1) is 9.90. The molecule has 108 valence electrons. The molecule has 1 aromatic heterocycles. The summed E-state index contributed by atoms with van der Waals surface area (Å²) in [6.45, 7) is 0. The Morgan fingerprint density at radius 3 is 2.48 bits per heavy atom. The van der Waals surface area contributed by atoms with Gasteiger partial charge in [0.05, 0.1) is 23.6 Å². The zero-order valence-electron chi connectivity index (χ0n) is 11.5. The summed E-state index contributed by atoms with van der Waals surface area (Å²) in [5, 5.41) is 11.5. The minimum Gasteiger partial charge on any atom is -0.616 e. The summed E-state index contributed by atoms with van der Waals surface area (Å²) < 4.78 is 28.4. The maximum Gasteiger partial charge on any atom is 0.379 e. The van der Waals surface area contributed by atoms with E-state index in [4.69, 9.17) is 4.74 Å². The molecule has 2 aromatic rings. The molecule has 0 unspecified atom stereocenters. The van der Waals surface area contributed by atoms with Crippen LogP contribution in [0.4, 0.5) is 0 Å². The number of ether oxygens (including phenoxy) is 1. The molecule has 0 amide bonds. The second-order valence-corrected chi connectivity index (χ2v) is 6.35. The highest BCUT2D eigenvalue weighted by atomic mass is 32.2. The molecule has 0 spiro atoms. The lowest BCUT2D eigenvalue weighted by atomic mass is 10.2. The fraction of sp³-hybridized carbons (Fsp3) is 0.133. The topological polar surface area (TPSA) is 70.3 Å². The van der Waals surface area contributed by atoms with Crippen LogP contribution in [0, 0.1) is 17.0 Å². The monoisotopic (exact) mass is 303 g/mol. The van der Waals surface area contributed by atoms with Crippen molar-refractivity contribution in [2.45, 2.75) is 4.90 Å². The normalized spacial score (nSPS) is 10.6.